The summed E-state index contributed by atoms with van der Waals surface area (Å²) in [5, 5.41) is 5.92. The minimum absolute atomic E-state index is 0. The van der Waals surface area contributed by atoms with Gasteiger partial charge in [-0.15, -0.1) is 24.0 Å². The minimum atomic E-state index is -0.256. The van der Waals surface area contributed by atoms with Crippen molar-refractivity contribution in [2.75, 3.05) is 46.4 Å². The first-order chi connectivity index (χ1) is 11.5. The fourth-order valence-corrected chi connectivity index (χ4v) is 2.98. The van der Waals surface area contributed by atoms with Crippen molar-refractivity contribution in [2.24, 2.45) is 4.99 Å². The summed E-state index contributed by atoms with van der Waals surface area (Å²) in [6.07, 6.45) is 1.53. The van der Waals surface area contributed by atoms with Gasteiger partial charge in [0.2, 0.25) is 5.91 Å². The number of halogens is 1. The molecule has 2 aliphatic heterocycles. The molecular formula is C16H30IN5O3. The Morgan fingerprint density at radius 3 is 2.36 bits per heavy atom. The Morgan fingerprint density at radius 1 is 1.20 bits per heavy atom. The van der Waals surface area contributed by atoms with Crippen molar-refractivity contribution in [2.45, 2.75) is 38.8 Å². The number of ether oxygens (including phenoxy) is 1. The Bertz CT molecular complexity index is 472. The Hall–Kier alpha value is -1.10. The molecule has 1 atom stereocenters. The number of carbonyl (C=O) groups excluding carboxylic acids is 2. The number of piperazine rings is 1. The summed E-state index contributed by atoms with van der Waals surface area (Å²) in [4.78, 5) is 32.2. The average molecular weight is 467 g/mol. The molecule has 0 aromatic rings. The van der Waals surface area contributed by atoms with Gasteiger partial charge in [0.15, 0.2) is 5.96 Å². The molecule has 2 amide bonds. The Balaban J connectivity index is 0.00000312. The maximum absolute atomic E-state index is 12.3. The molecule has 144 valence electrons. The lowest BCUT2D eigenvalue weighted by atomic mass is 10.2. The van der Waals surface area contributed by atoms with Crippen LogP contribution in [-0.4, -0.2) is 86.1 Å². The molecule has 0 bridgehead atoms. The molecule has 2 aliphatic rings. The Kier molecular flexibility index (Phi) is 9.47. The number of amides is 2. The molecule has 2 saturated heterocycles. The highest BCUT2D eigenvalue weighted by Crippen LogP contribution is 2.16. The molecule has 2 heterocycles. The number of guanidine groups is 1. The monoisotopic (exact) mass is 467 g/mol. The summed E-state index contributed by atoms with van der Waals surface area (Å²) >= 11 is 0. The molecule has 2 rings (SSSR count). The van der Waals surface area contributed by atoms with E-state index in [9.17, 15) is 9.59 Å². The third-order valence-electron chi connectivity index (χ3n) is 4.16. The molecule has 0 spiro atoms. The van der Waals surface area contributed by atoms with E-state index >= 15 is 0 Å². The number of hydrogen-bond donors (Lipinski definition) is 2. The predicted molar refractivity (Wildman–Crippen MR) is 107 cm³/mol. The van der Waals surface area contributed by atoms with Gasteiger partial charge in [0.1, 0.15) is 6.10 Å². The quantitative estimate of drug-likeness (QED) is 0.346. The fraction of sp³-hybridized carbons (Fsp3) is 0.812. The second-order valence-electron chi connectivity index (χ2n) is 6.44. The molecule has 0 saturated carbocycles. The first kappa shape index (κ1) is 21.9. The highest BCUT2D eigenvalue weighted by Gasteiger charge is 2.30. The smallest absolute Gasteiger partial charge is 0.251 e. The predicted octanol–water partition coefficient (Wildman–Crippen LogP) is 0.0276. The zero-order chi connectivity index (χ0) is 17.5. The lowest BCUT2D eigenvalue weighted by molar-refractivity contribution is -0.142. The topological polar surface area (TPSA) is 86.3 Å². The van der Waals surface area contributed by atoms with E-state index in [1.165, 1.54) is 0 Å². The first-order valence-corrected chi connectivity index (χ1v) is 8.66. The molecule has 0 aromatic heterocycles. The molecule has 1 unspecified atom stereocenters. The van der Waals surface area contributed by atoms with Gasteiger partial charge in [-0.2, -0.15) is 0 Å². The standard InChI is InChI=1S/C16H29N5O3.HI/c1-12(2)19-14(22)11-18-16(17-3)21-8-6-20(7-9-21)15(23)13-5-4-10-24-13;/h12-13H,4-11H2,1-3H3,(H,17,18)(H,19,22);1H. The zero-order valence-corrected chi connectivity index (χ0v) is 17.6. The van der Waals surface area contributed by atoms with Crippen LogP contribution < -0.4 is 10.6 Å². The summed E-state index contributed by atoms with van der Waals surface area (Å²) < 4.78 is 5.47. The Labute approximate surface area is 166 Å². The largest absolute Gasteiger partial charge is 0.368 e. The van der Waals surface area contributed by atoms with Gasteiger partial charge in [0.25, 0.3) is 5.91 Å². The summed E-state index contributed by atoms with van der Waals surface area (Å²) in [7, 11) is 1.70. The first-order valence-electron chi connectivity index (χ1n) is 8.66. The molecule has 2 N–H and O–H groups in total. The van der Waals surface area contributed by atoms with Crippen molar-refractivity contribution in [3.63, 3.8) is 0 Å². The second kappa shape index (κ2) is 10.8. The van der Waals surface area contributed by atoms with Gasteiger partial charge in [-0.3, -0.25) is 14.6 Å². The molecule has 25 heavy (non-hydrogen) atoms. The van der Waals surface area contributed by atoms with E-state index < -0.39 is 0 Å². The number of carbonyl (C=O) groups is 2. The SMILES string of the molecule is CN=C(NCC(=O)NC(C)C)N1CCN(C(=O)C2CCCO2)CC1.I. The van der Waals surface area contributed by atoms with Gasteiger partial charge in [-0.1, -0.05) is 0 Å². The number of nitrogens with one attached hydrogen (secondary N) is 2. The van der Waals surface area contributed by atoms with Crippen molar-refractivity contribution in [3.8, 4) is 0 Å². The van der Waals surface area contributed by atoms with Gasteiger partial charge in [-0.05, 0) is 26.7 Å². The summed E-state index contributed by atoms with van der Waals surface area (Å²) in [5.41, 5.74) is 0. The van der Waals surface area contributed by atoms with Crippen LogP contribution in [-0.2, 0) is 14.3 Å². The van der Waals surface area contributed by atoms with Crippen molar-refractivity contribution < 1.29 is 14.3 Å². The lowest BCUT2D eigenvalue weighted by Gasteiger charge is -2.37. The van der Waals surface area contributed by atoms with E-state index in [0.717, 1.165) is 12.8 Å². The van der Waals surface area contributed by atoms with Crippen molar-refractivity contribution in [1.29, 1.82) is 0 Å². The fourth-order valence-electron chi connectivity index (χ4n) is 2.98. The van der Waals surface area contributed by atoms with Crippen molar-refractivity contribution in [3.05, 3.63) is 0 Å². The second-order valence-corrected chi connectivity index (χ2v) is 6.44. The maximum Gasteiger partial charge on any atom is 0.251 e. The van der Waals surface area contributed by atoms with E-state index in [2.05, 4.69) is 20.5 Å². The van der Waals surface area contributed by atoms with Crippen LogP contribution in [0.2, 0.25) is 0 Å². The third-order valence-corrected chi connectivity index (χ3v) is 4.16. The highest BCUT2D eigenvalue weighted by molar-refractivity contribution is 14.0. The Morgan fingerprint density at radius 2 is 1.84 bits per heavy atom. The van der Waals surface area contributed by atoms with E-state index in [4.69, 9.17) is 4.74 Å². The molecule has 8 nitrogen and oxygen atoms in total. The van der Waals surface area contributed by atoms with Crippen LogP contribution in [0.15, 0.2) is 4.99 Å². The van der Waals surface area contributed by atoms with Crippen LogP contribution in [0.5, 0.6) is 0 Å². The van der Waals surface area contributed by atoms with Gasteiger partial charge in [0, 0.05) is 45.9 Å². The summed E-state index contributed by atoms with van der Waals surface area (Å²) in [6.45, 7) is 7.43. The lowest BCUT2D eigenvalue weighted by Crippen LogP contribution is -2.56. The third kappa shape index (κ3) is 6.61. The molecule has 0 radical (unpaired) electrons. The highest BCUT2D eigenvalue weighted by atomic mass is 127. The number of aliphatic imine (C=N–C) groups is 1. The molecule has 2 fully saturated rings. The average Bonchev–Trinajstić information content (AvgIpc) is 3.09. The van der Waals surface area contributed by atoms with Crippen LogP contribution in [0.25, 0.3) is 0 Å². The van der Waals surface area contributed by atoms with Crippen molar-refractivity contribution in [1.82, 2.24) is 20.4 Å². The van der Waals surface area contributed by atoms with E-state index in [1.807, 2.05) is 18.7 Å². The minimum Gasteiger partial charge on any atom is -0.368 e. The van der Waals surface area contributed by atoms with Gasteiger partial charge in [-0.25, -0.2) is 0 Å². The van der Waals surface area contributed by atoms with E-state index in [1.54, 1.807) is 7.05 Å². The molecular weight excluding hydrogens is 437 g/mol. The van der Waals surface area contributed by atoms with Crippen LogP contribution in [0.1, 0.15) is 26.7 Å². The zero-order valence-electron chi connectivity index (χ0n) is 15.3. The summed E-state index contributed by atoms with van der Waals surface area (Å²) in [6, 6.07) is 0.119. The van der Waals surface area contributed by atoms with Crippen LogP contribution in [0.4, 0.5) is 0 Å². The summed E-state index contributed by atoms with van der Waals surface area (Å²) in [5.74, 6) is 0.739. The number of hydrogen-bond acceptors (Lipinski definition) is 4. The van der Waals surface area contributed by atoms with Gasteiger partial charge in [0.05, 0.1) is 6.54 Å². The molecule has 9 heteroatoms. The molecule has 0 aliphatic carbocycles. The number of rotatable bonds is 4. The molecule has 0 aromatic carbocycles. The van der Waals surface area contributed by atoms with Crippen molar-refractivity contribution >= 4 is 41.8 Å². The normalized spacial score (nSPS) is 21.1. The van der Waals surface area contributed by atoms with Gasteiger partial charge < -0.3 is 25.2 Å². The van der Waals surface area contributed by atoms with E-state index in [0.29, 0.717) is 38.7 Å². The van der Waals surface area contributed by atoms with Gasteiger partial charge >= 0.3 is 0 Å². The van der Waals surface area contributed by atoms with Crippen LogP contribution >= 0.6 is 24.0 Å². The van der Waals surface area contributed by atoms with E-state index in [-0.39, 0.29) is 54.5 Å². The maximum atomic E-state index is 12.3. The number of nitrogens with zero attached hydrogens (tertiary/aromatic N) is 3. The van der Waals surface area contributed by atoms with Crippen LogP contribution in [0, 0.1) is 0 Å². The van der Waals surface area contributed by atoms with Crippen LogP contribution in [0.3, 0.4) is 0 Å².